The SMILES string of the molecule is CC(C)(C)OC(=O)N1CCC(N2CCCC(C(=O)NN)C2)CC1. The highest BCUT2D eigenvalue weighted by Gasteiger charge is 2.33. The van der Waals surface area contributed by atoms with Gasteiger partial charge in [0.15, 0.2) is 0 Å². The number of carbonyl (C=O) groups excluding carboxylic acids is 2. The summed E-state index contributed by atoms with van der Waals surface area (Å²) < 4.78 is 5.43. The van der Waals surface area contributed by atoms with Gasteiger partial charge in [0, 0.05) is 25.7 Å². The third kappa shape index (κ3) is 5.07. The number of ether oxygens (including phenoxy) is 1. The standard InChI is InChI=1S/C16H30N4O3/c1-16(2,3)23-15(22)19-9-6-13(7-10-19)20-8-4-5-12(11-20)14(21)18-17/h12-13H,4-11,17H2,1-3H3,(H,18,21). The van der Waals surface area contributed by atoms with E-state index in [0.717, 1.165) is 38.8 Å². The van der Waals surface area contributed by atoms with Gasteiger partial charge < -0.3 is 9.64 Å². The summed E-state index contributed by atoms with van der Waals surface area (Å²) in [5.41, 5.74) is 1.81. The topological polar surface area (TPSA) is 87.9 Å². The number of rotatable bonds is 2. The molecule has 2 heterocycles. The number of nitrogens with zero attached hydrogens (tertiary/aromatic N) is 2. The Morgan fingerprint density at radius 3 is 2.35 bits per heavy atom. The number of carbonyl (C=O) groups is 2. The first-order chi connectivity index (χ1) is 10.8. The van der Waals surface area contributed by atoms with Gasteiger partial charge in [-0.15, -0.1) is 0 Å². The van der Waals surface area contributed by atoms with Crippen molar-refractivity contribution in [1.29, 1.82) is 0 Å². The molecule has 0 radical (unpaired) electrons. The molecule has 0 saturated carbocycles. The molecule has 2 fully saturated rings. The second kappa shape index (κ2) is 7.49. The van der Waals surface area contributed by atoms with Gasteiger partial charge in [0.2, 0.25) is 5.91 Å². The van der Waals surface area contributed by atoms with Gasteiger partial charge in [0.1, 0.15) is 5.60 Å². The fourth-order valence-electron chi connectivity index (χ4n) is 3.41. The molecule has 0 spiro atoms. The normalized spacial score (nSPS) is 24.3. The largest absolute Gasteiger partial charge is 0.444 e. The molecule has 0 bridgehead atoms. The molecule has 7 nitrogen and oxygen atoms in total. The van der Waals surface area contributed by atoms with Crippen LogP contribution in [0.5, 0.6) is 0 Å². The van der Waals surface area contributed by atoms with Crippen LogP contribution in [-0.4, -0.2) is 59.6 Å². The Kier molecular flexibility index (Phi) is 5.86. The third-order valence-corrected chi connectivity index (χ3v) is 4.60. The number of hydrogen-bond donors (Lipinski definition) is 2. The Labute approximate surface area is 138 Å². The summed E-state index contributed by atoms with van der Waals surface area (Å²) in [5.74, 6) is 5.17. The molecule has 1 atom stereocenters. The Bertz CT molecular complexity index is 428. The first-order valence-corrected chi connectivity index (χ1v) is 8.52. The van der Waals surface area contributed by atoms with Crippen LogP contribution in [0.15, 0.2) is 0 Å². The van der Waals surface area contributed by atoms with E-state index in [1.807, 2.05) is 20.8 Å². The van der Waals surface area contributed by atoms with Crippen LogP contribution in [0.4, 0.5) is 4.79 Å². The molecule has 3 N–H and O–H groups in total. The minimum absolute atomic E-state index is 0.0161. The highest BCUT2D eigenvalue weighted by atomic mass is 16.6. The number of amides is 2. The number of nitrogens with two attached hydrogens (primary N) is 1. The maximum Gasteiger partial charge on any atom is 0.410 e. The van der Waals surface area contributed by atoms with Crippen LogP contribution < -0.4 is 11.3 Å². The molecule has 132 valence electrons. The van der Waals surface area contributed by atoms with Crippen LogP contribution in [0.2, 0.25) is 0 Å². The average Bonchev–Trinajstić information content (AvgIpc) is 2.53. The first-order valence-electron chi connectivity index (χ1n) is 8.52. The zero-order valence-electron chi connectivity index (χ0n) is 14.5. The summed E-state index contributed by atoms with van der Waals surface area (Å²) in [7, 11) is 0. The maximum absolute atomic E-state index is 12.1. The molecule has 0 aliphatic carbocycles. The van der Waals surface area contributed by atoms with Gasteiger partial charge >= 0.3 is 6.09 Å². The molecule has 0 aromatic heterocycles. The quantitative estimate of drug-likeness (QED) is 0.450. The predicted octanol–water partition coefficient (Wildman–Crippen LogP) is 1.09. The van der Waals surface area contributed by atoms with Crippen LogP contribution in [0.25, 0.3) is 0 Å². The lowest BCUT2D eigenvalue weighted by Gasteiger charge is -2.42. The summed E-state index contributed by atoms with van der Waals surface area (Å²) in [4.78, 5) is 28.0. The minimum Gasteiger partial charge on any atom is -0.444 e. The lowest BCUT2D eigenvalue weighted by Crippen LogP contribution is -2.52. The van der Waals surface area contributed by atoms with Crippen LogP contribution in [0, 0.1) is 5.92 Å². The van der Waals surface area contributed by atoms with Gasteiger partial charge in [-0.2, -0.15) is 0 Å². The van der Waals surface area contributed by atoms with Gasteiger partial charge in [0.05, 0.1) is 5.92 Å². The number of hydrazine groups is 1. The van der Waals surface area contributed by atoms with Crippen molar-refractivity contribution in [2.24, 2.45) is 11.8 Å². The van der Waals surface area contributed by atoms with Gasteiger partial charge in [-0.3, -0.25) is 15.1 Å². The second-order valence-corrected chi connectivity index (χ2v) is 7.54. The van der Waals surface area contributed by atoms with Crippen molar-refractivity contribution in [3.8, 4) is 0 Å². The molecule has 0 aromatic carbocycles. The molecule has 2 aliphatic heterocycles. The summed E-state index contributed by atoms with van der Waals surface area (Å²) >= 11 is 0. The Balaban J connectivity index is 1.82. The van der Waals surface area contributed by atoms with E-state index in [2.05, 4.69) is 10.3 Å². The molecule has 23 heavy (non-hydrogen) atoms. The van der Waals surface area contributed by atoms with Crippen LogP contribution in [-0.2, 0) is 9.53 Å². The summed E-state index contributed by atoms with van der Waals surface area (Å²) in [5, 5.41) is 0. The van der Waals surface area contributed by atoms with E-state index < -0.39 is 5.60 Å². The molecule has 2 amide bonds. The van der Waals surface area contributed by atoms with E-state index in [9.17, 15) is 9.59 Å². The lowest BCUT2D eigenvalue weighted by molar-refractivity contribution is -0.127. The molecule has 0 aromatic rings. The van der Waals surface area contributed by atoms with E-state index in [0.29, 0.717) is 19.1 Å². The highest BCUT2D eigenvalue weighted by Crippen LogP contribution is 2.24. The van der Waals surface area contributed by atoms with Crippen molar-refractivity contribution in [1.82, 2.24) is 15.2 Å². The van der Waals surface area contributed by atoms with Crippen molar-refractivity contribution >= 4 is 12.0 Å². The molecule has 2 rings (SSSR count). The number of piperidine rings is 2. The van der Waals surface area contributed by atoms with Crippen molar-refractivity contribution < 1.29 is 14.3 Å². The van der Waals surface area contributed by atoms with Crippen LogP contribution >= 0.6 is 0 Å². The molecular formula is C16H30N4O3. The molecular weight excluding hydrogens is 296 g/mol. The van der Waals surface area contributed by atoms with Gasteiger partial charge in [-0.05, 0) is 53.0 Å². The Morgan fingerprint density at radius 1 is 1.13 bits per heavy atom. The van der Waals surface area contributed by atoms with E-state index in [1.54, 1.807) is 4.90 Å². The van der Waals surface area contributed by atoms with E-state index >= 15 is 0 Å². The third-order valence-electron chi connectivity index (χ3n) is 4.60. The van der Waals surface area contributed by atoms with Gasteiger partial charge in [-0.1, -0.05) is 0 Å². The summed E-state index contributed by atoms with van der Waals surface area (Å²) in [6.45, 7) is 8.86. The summed E-state index contributed by atoms with van der Waals surface area (Å²) in [6.07, 6.45) is 3.54. The van der Waals surface area contributed by atoms with E-state index in [4.69, 9.17) is 10.6 Å². The smallest absolute Gasteiger partial charge is 0.410 e. The van der Waals surface area contributed by atoms with Gasteiger partial charge in [-0.25, -0.2) is 10.6 Å². The monoisotopic (exact) mass is 326 g/mol. The minimum atomic E-state index is -0.455. The zero-order chi connectivity index (χ0) is 17.0. The van der Waals surface area contributed by atoms with Gasteiger partial charge in [0.25, 0.3) is 0 Å². The molecule has 2 saturated heterocycles. The fourth-order valence-corrected chi connectivity index (χ4v) is 3.41. The first kappa shape index (κ1) is 18.0. The number of hydrogen-bond acceptors (Lipinski definition) is 5. The fraction of sp³-hybridized carbons (Fsp3) is 0.875. The Hall–Kier alpha value is -1.34. The summed E-state index contributed by atoms with van der Waals surface area (Å²) in [6, 6.07) is 0.432. The Morgan fingerprint density at radius 2 is 1.78 bits per heavy atom. The van der Waals surface area contributed by atoms with E-state index in [-0.39, 0.29) is 17.9 Å². The number of likely N-dealkylation sites (tertiary alicyclic amines) is 2. The van der Waals surface area contributed by atoms with Crippen LogP contribution in [0.3, 0.4) is 0 Å². The lowest BCUT2D eigenvalue weighted by atomic mass is 9.93. The molecule has 7 heteroatoms. The zero-order valence-corrected chi connectivity index (χ0v) is 14.5. The number of nitrogens with one attached hydrogen (secondary N) is 1. The predicted molar refractivity (Wildman–Crippen MR) is 87.5 cm³/mol. The second-order valence-electron chi connectivity index (χ2n) is 7.54. The van der Waals surface area contributed by atoms with Crippen molar-refractivity contribution in [2.45, 2.75) is 58.1 Å². The van der Waals surface area contributed by atoms with E-state index in [1.165, 1.54) is 0 Å². The molecule has 2 aliphatic rings. The van der Waals surface area contributed by atoms with Crippen molar-refractivity contribution in [3.63, 3.8) is 0 Å². The van der Waals surface area contributed by atoms with Crippen molar-refractivity contribution in [3.05, 3.63) is 0 Å². The molecule has 1 unspecified atom stereocenters. The maximum atomic E-state index is 12.1. The average molecular weight is 326 g/mol. The highest BCUT2D eigenvalue weighted by molar-refractivity contribution is 5.78. The van der Waals surface area contributed by atoms with Crippen LogP contribution in [0.1, 0.15) is 46.5 Å². The van der Waals surface area contributed by atoms with Crippen molar-refractivity contribution in [2.75, 3.05) is 26.2 Å².